The molecule has 3 rings (SSSR count). The number of hydrogen-bond donors (Lipinski definition) is 0. The molecular formula is C22H24BrClNO2P. The van der Waals surface area contributed by atoms with Crippen molar-refractivity contribution in [1.82, 2.24) is 0 Å². The molecule has 0 fully saturated rings. The number of rotatable bonds is 4. The van der Waals surface area contributed by atoms with Crippen molar-refractivity contribution in [3.05, 3.63) is 75.4 Å². The first-order valence-electron chi connectivity index (χ1n) is 9.01. The summed E-state index contributed by atoms with van der Waals surface area (Å²) >= 11 is 9.90. The zero-order valence-electron chi connectivity index (χ0n) is 16.7. The minimum absolute atomic E-state index is 0.309. The summed E-state index contributed by atoms with van der Waals surface area (Å²) < 4.78 is 18.9. The molecule has 0 saturated heterocycles. The van der Waals surface area contributed by atoms with E-state index in [1.54, 1.807) is 0 Å². The Balaban J connectivity index is 2.29. The molecule has 1 atom stereocenters. The second-order valence-corrected chi connectivity index (χ2v) is 12.4. The first-order chi connectivity index (χ1) is 13.1. The molecule has 148 valence electrons. The third kappa shape index (κ3) is 4.40. The van der Waals surface area contributed by atoms with E-state index in [1.165, 1.54) is 0 Å². The third-order valence-electron chi connectivity index (χ3n) is 4.38. The van der Waals surface area contributed by atoms with Crippen LogP contribution in [-0.2, 0) is 0 Å². The maximum atomic E-state index is 6.70. The van der Waals surface area contributed by atoms with E-state index >= 15 is 0 Å². The molecule has 0 aliphatic heterocycles. The van der Waals surface area contributed by atoms with Gasteiger partial charge in [-0.05, 0) is 61.9 Å². The van der Waals surface area contributed by atoms with Gasteiger partial charge in [0.25, 0.3) is 0 Å². The quantitative estimate of drug-likeness (QED) is 0.352. The SMILES string of the molecule is Cc1ccc([P@](=Nc2ccc(C)c(Cl)c2)(Oc2cccc(Br)c2)C(C)(C)C)o1. The summed E-state index contributed by atoms with van der Waals surface area (Å²) in [5.41, 5.74) is 2.55. The van der Waals surface area contributed by atoms with Gasteiger partial charge < -0.3 is 8.94 Å². The molecular weight excluding hydrogens is 457 g/mol. The van der Waals surface area contributed by atoms with Crippen LogP contribution >= 0.6 is 34.8 Å². The van der Waals surface area contributed by atoms with E-state index in [-0.39, 0.29) is 5.16 Å². The summed E-state index contributed by atoms with van der Waals surface area (Å²) in [5.74, 6) is 1.58. The van der Waals surface area contributed by atoms with Gasteiger partial charge in [-0.25, -0.2) is 4.74 Å². The number of furan rings is 1. The van der Waals surface area contributed by atoms with Crippen molar-refractivity contribution in [2.75, 3.05) is 0 Å². The Kier molecular flexibility index (Phi) is 6.14. The topological polar surface area (TPSA) is 34.7 Å². The van der Waals surface area contributed by atoms with E-state index in [1.807, 2.05) is 68.4 Å². The van der Waals surface area contributed by atoms with Gasteiger partial charge in [0.2, 0.25) is 7.28 Å². The molecule has 0 spiro atoms. The molecule has 0 radical (unpaired) electrons. The molecule has 0 N–H and O–H groups in total. The summed E-state index contributed by atoms with van der Waals surface area (Å²) in [6.45, 7) is 10.3. The molecule has 0 aliphatic rings. The van der Waals surface area contributed by atoms with Gasteiger partial charge in [-0.1, -0.05) is 60.4 Å². The van der Waals surface area contributed by atoms with Gasteiger partial charge in [0.1, 0.15) is 11.5 Å². The molecule has 0 unspecified atom stereocenters. The lowest BCUT2D eigenvalue weighted by molar-refractivity contribution is 0.527. The largest absolute Gasteiger partial charge is 0.457 e. The van der Waals surface area contributed by atoms with Crippen LogP contribution in [-0.4, -0.2) is 5.16 Å². The van der Waals surface area contributed by atoms with Gasteiger partial charge in [0.05, 0.1) is 5.69 Å². The van der Waals surface area contributed by atoms with Crippen LogP contribution < -0.4 is 10.0 Å². The molecule has 0 aliphatic carbocycles. The van der Waals surface area contributed by atoms with Crippen molar-refractivity contribution in [1.29, 1.82) is 0 Å². The normalized spacial score (nSPS) is 13.8. The van der Waals surface area contributed by atoms with E-state index in [9.17, 15) is 0 Å². The summed E-state index contributed by atoms with van der Waals surface area (Å²) in [6, 6.07) is 17.6. The standard InChI is InChI=1S/C22H24BrClNO2P/c1-15-9-11-18(14-20(15)24)25-28(22(3,4)5,21-12-10-16(2)26-21)27-19-8-6-7-17(23)13-19/h6-14H,1-5H3/t28-/m0/s1. The van der Waals surface area contributed by atoms with E-state index in [2.05, 4.69) is 36.7 Å². The highest BCUT2D eigenvalue weighted by molar-refractivity contribution is 9.10. The zero-order chi connectivity index (χ0) is 20.5. The van der Waals surface area contributed by atoms with Crippen molar-refractivity contribution in [2.24, 2.45) is 4.74 Å². The Hall–Kier alpha value is -1.48. The molecule has 0 amide bonds. The summed E-state index contributed by atoms with van der Waals surface area (Å²) in [4.78, 5) is 0. The predicted molar refractivity (Wildman–Crippen MR) is 123 cm³/mol. The van der Waals surface area contributed by atoms with E-state index < -0.39 is 7.28 Å². The van der Waals surface area contributed by atoms with Crippen molar-refractivity contribution in [3.63, 3.8) is 0 Å². The lowest BCUT2D eigenvalue weighted by Gasteiger charge is -2.35. The van der Waals surface area contributed by atoms with Crippen LogP contribution in [0.5, 0.6) is 5.75 Å². The Morgan fingerprint density at radius 3 is 2.36 bits per heavy atom. The molecule has 3 nitrogen and oxygen atoms in total. The molecule has 1 aromatic heterocycles. The van der Waals surface area contributed by atoms with Gasteiger partial charge in [0, 0.05) is 14.7 Å². The molecule has 0 bridgehead atoms. The minimum atomic E-state index is -2.63. The lowest BCUT2D eigenvalue weighted by atomic mass is 10.2. The molecule has 2 aromatic carbocycles. The summed E-state index contributed by atoms with van der Waals surface area (Å²) in [6.07, 6.45) is 0. The van der Waals surface area contributed by atoms with E-state index in [0.29, 0.717) is 5.02 Å². The minimum Gasteiger partial charge on any atom is -0.457 e. The van der Waals surface area contributed by atoms with Crippen LogP contribution in [0.25, 0.3) is 0 Å². The number of hydrogen-bond acceptors (Lipinski definition) is 3. The van der Waals surface area contributed by atoms with Gasteiger partial charge in [-0.15, -0.1) is 0 Å². The van der Waals surface area contributed by atoms with Gasteiger partial charge in [-0.3, -0.25) is 0 Å². The van der Waals surface area contributed by atoms with Gasteiger partial charge >= 0.3 is 0 Å². The molecule has 3 aromatic rings. The highest BCUT2D eigenvalue weighted by Gasteiger charge is 2.41. The highest BCUT2D eigenvalue weighted by Crippen LogP contribution is 2.62. The number of benzene rings is 2. The van der Waals surface area contributed by atoms with Gasteiger partial charge in [-0.2, -0.15) is 0 Å². The van der Waals surface area contributed by atoms with Crippen molar-refractivity contribution in [2.45, 2.75) is 39.8 Å². The molecule has 28 heavy (non-hydrogen) atoms. The zero-order valence-corrected chi connectivity index (χ0v) is 19.9. The average Bonchev–Trinajstić information content (AvgIpc) is 3.03. The number of aryl methyl sites for hydroxylation is 2. The first kappa shape index (κ1) is 21.2. The van der Waals surface area contributed by atoms with Gasteiger partial charge in [0.15, 0.2) is 5.50 Å². The first-order valence-corrected chi connectivity index (χ1v) is 11.8. The number of nitrogens with zero attached hydrogens (tertiary/aromatic N) is 1. The summed E-state index contributed by atoms with van der Waals surface area (Å²) in [5, 5.41) is 0.378. The number of halogens is 2. The van der Waals surface area contributed by atoms with Crippen molar-refractivity contribution >= 4 is 46.0 Å². The third-order valence-corrected chi connectivity index (χ3v) is 8.92. The smallest absolute Gasteiger partial charge is 0.207 e. The fraction of sp³-hybridized carbons (Fsp3) is 0.273. The van der Waals surface area contributed by atoms with Crippen molar-refractivity contribution < 1.29 is 8.94 Å². The van der Waals surface area contributed by atoms with E-state index in [4.69, 9.17) is 25.3 Å². The maximum Gasteiger partial charge on any atom is 0.207 e. The van der Waals surface area contributed by atoms with Crippen LogP contribution in [0.1, 0.15) is 32.1 Å². The Morgan fingerprint density at radius 2 is 1.79 bits per heavy atom. The Labute approximate surface area is 180 Å². The predicted octanol–water partition coefficient (Wildman–Crippen LogP) is 8.26. The monoisotopic (exact) mass is 479 g/mol. The highest BCUT2D eigenvalue weighted by atomic mass is 79.9. The lowest BCUT2D eigenvalue weighted by Crippen LogP contribution is -2.26. The molecule has 1 heterocycles. The average molecular weight is 481 g/mol. The van der Waals surface area contributed by atoms with Crippen LogP contribution in [0, 0.1) is 13.8 Å². The molecule has 6 heteroatoms. The van der Waals surface area contributed by atoms with Crippen LogP contribution in [0.3, 0.4) is 0 Å². The Bertz CT molecular complexity index is 1050. The fourth-order valence-electron chi connectivity index (χ4n) is 2.80. The van der Waals surface area contributed by atoms with Crippen LogP contribution in [0.2, 0.25) is 5.02 Å². The molecule has 0 saturated carbocycles. The maximum absolute atomic E-state index is 6.70. The van der Waals surface area contributed by atoms with E-state index in [0.717, 1.165) is 32.7 Å². The van der Waals surface area contributed by atoms with Crippen LogP contribution in [0.15, 0.2) is 68.2 Å². The van der Waals surface area contributed by atoms with Crippen molar-refractivity contribution in [3.8, 4) is 5.75 Å². The second kappa shape index (κ2) is 8.10. The van der Waals surface area contributed by atoms with Crippen LogP contribution in [0.4, 0.5) is 5.69 Å². The second-order valence-electron chi connectivity index (χ2n) is 7.71. The summed E-state index contributed by atoms with van der Waals surface area (Å²) in [7, 11) is -2.63. The Morgan fingerprint density at radius 1 is 1.04 bits per heavy atom. The fourth-order valence-corrected chi connectivity index (χ4v) is 6.23.